The van der Waals surface area contributed by atoms with E-state index in [9.17, 15) is 13.2 Å². The number of rotatable bonds is 6. The lowest BCUT2D eigenvalue weighted by molar-refractivity contribution is -0.137. The fraction of sp³-hybridized carbons (Fsp3) is 0.188. The zero-order valence-corrected chi connectivity index (χ0v) is 12.8. The Morgan fingerprint density at radius 2 is 1.68 bits per heavy atom. The number of aliphatic carboxylic acids is 1. The van der Waals surface area contributed by atoms with Gasteiger partial charge in [0.2, 0.25) is 0 Å². The van der Waals surface area contributed by atoms with E-state index >= 15 is 0 Å². The highest BCUT2D eigenvalue weighted by Crippen LogP contribution is 2.32. The number of carboxylic acid groups (broad SMARTS) is 1. The minimum Gasteiger partial charge on any atom is -0.497 e. The van der Waals surface area contributed by atoms with Gasteiger partial charge in [-0.25, -0.2) is 8.42 Å². The summed E-state index contributed by atoms with van der Waals surface area (Å²) in [7, 11) is -2.32. The molecule has 1 N–H and O–H groups in total. The van der Waals surface area contributed by atoms with Crippen LogP contribution < -0.4 is 4.74 Å². The van der Waals surface area contributed by atoms with Crippen LogP contribution in [0.15, 0.2) is 59.5 Å². The Balaban J connectivity index is 2.46. The predicted octanol–water partition coefficient (Wildman–Crippen LogP) is 2.68. The summed E-state index contributed by atoms with van der Waals surface area (Å²) in [6.45, 7) is 0. The number of hydrogen-bond acceptors (Lipinski definition) is 4. The molecule has 2 aromatic carbocycles. The summed E-state index contributed by atoms with van der Waals surface area (Å²) in [5.41, 5.74) is 0.459. The molecule has 116 valence electrons. The largest absolute Gasteiger partial charge is 0.497 e. The first-order valence-electron chi connectivity index (χ1n) is 6.60. The summed E-state index contributed by atoms with van der Waals surface area (Å²) >= 11 is 0. The smallest absolute Gasteiger partial charge is 0.305 e. The summed E-state index contributed by atoms with van der Waals surface area (Å²) in [5, 5.41) is 7.93. The minimum atomic E-state index is -3.81. The van der Waals surface area contributed by atoms with Crippen molar-refractivity contribution in [3.63, 3.8) is 0 Å². The highest BCUT2D eigenvalue weighted by Gasteiger charge is 2.31. The first-order valence-corrected chi connectivity index (χ1v) is 8.14. The molecule has 0 fully saturated rings. The molecule has 0 aliphatic heterocycles. The summed E-state index contributed by atoms with van der Waals surface area (Å²) < 4.78 is 30.5. The van der Waals surface area contributed by atoms with Gasteiger partial charge in [0.05, 0.1) is 18.4 Å². The maximum absolute atomic E-state index is 12.8. The fourth-order valence-corrected chi connectivity index (χ4v) is 3.88. The highest BCUT2D eigenvalue weighted by molar-refractivity contribution is 7.91. The topological polar surface area (TPSA) is 80.7 Å². The summed E-state index contributed by atoms with van der Waals surface area (Å²) in [6, 6.07) is 14.3. The molecule has 0 bridgehead atoms. The Morgan fingerprint density at radius 1 is 1.09 bits per heavy atom. The third-order valence-corrected chi connectivity index (χ3v) is 5.41. The Bertz CT molecular complexity index is 736. The van der Waals surface area contributed by atoms with E-state index in [0.717, 1.165) is 0 Å². The van der Waals surface area contributed by atoms with Gasteiger partial charge in [0, 0.05) is 0 Å². The molecule has 0 aliphatic rings. The first kappa shape index (κ1) is 16.0. The SMILES string of the molecule is COc1ccc(S(=O)(=O)C(CC(=O)O)c2ccccc2)cc1. The molecule has 0 spiro atoms. The minimum absolute atomic E-state index is 0.0726. The van der Waals surface area contributed by atoms with E-state index in [1.807, 2.05) is 0 Å². The number of methoxy groups -OCH3 is 1. The number of hydrogen-bond donors (Lipinski definition) is 1. The first-order chi connectivity index (χ1) is 10.4. The molecule has 0 aliphatic carbocycles. The number of carbonyl (C=O) groups is 1. The van der Waals surface area contributed by atoms with Crippen molar-refractivity contribution in [2.24, 2.45) is 0 Å². The predicted molar refractivity (Wildman–Crippen MR) is 81.6 cm³/mol. The normalized spacial score (nSPS) is 12.6. The molecule has 2 aromatic rings. The van der Waals surface area contributed by atoms with Crippen LogP contribution in [0.5, 0.6) is 5.75 Å². The Labute approximate surface area is 129 Å². The average molecular weight is 320 g/mol. The van der Waals surface area contributed by atoms with Crippen molar-refractivity contribution in [2.75, 3.05) is 7.11 Å². The van der Waals surface area contributed by atoms with Gasteiger partial charge >= 0.3 is 5.97 Å². The van der Waals surface area contributed by atoms with Crippen LogP contribution in [0.2, 0.25) is 0 Å². The fourth-order valence-electron chi connectivity index (χ4n) is 2.16. The molecule has 6 heteroatoms. The summed E-state index contributed by atoms with van der Waals surface area (Å²) in [5.74, 6) is -0.626. The van der Waals surface area contributed by atoms with Crippen LogP contribution in [0.25, 0.3) is 0 Å². The van der Waals surface area contributed by atoms with Gasteiger partial charge in [-0.05, 0) is 29.8 Å². The molecule has 1 atom stereocenters. The molecule has 0 saturated carbocycles. The van der Waals surface area contributed by atoms with Gasteiger partial charge in [0.15, 0.2) is 9.84 Å². The third-order valence-electron chi connectivity index (χ3n) is 3.29. The molecule has 0 heterocycles. The second-order valence-corrected chi connectivity index (χ2v) is 6.85. The second kappa shape index (κ2) is 6.62. The van der Waals surface area contributed by atoms with Crippen LogP contribution in [0.3, 0.4) is 0 Å². The molecule has 5 nitrogen and oxygen atoms in total. The average Bonchev–Trinajstić information content (AvgIpc) is 2.53. The lowest BCUT2D eigenvalue weighted by Gasteiger charge is -2.16. The molecular weight excluding hydrogens is 304 g/mol. The number of benzene rings is 2. The van der Waals surface area contributed by atoms with E-state index in [0.29, 0.717) is 11.3 Å². The molecule has 0 amide bonds. The van der Waals surface area contributed by atoms with Gasteiger partial charge in [0.25, 0.3) is 0 Å². The van der Waals surface area contributed by atoms with Crippen molar-refractivity contribution in [3.8, 4) is 5.75 Å². The molecule has 22 heavy (non-hydrogen) atoms. The van der Waals surface area contributed by atoms with Crippen LogP contribution in [0, 0.1) is 0 Å². The number of sulfone groups is 1. The third kappa shape index (κ3) is 3.46. The maximum Gasteiger partial charge on any atom is 0.305 e. The monoisotopic (exact) mass is 320 g/mol. The zero-order chi connectivity index (χ0) is 16.2. The summed E-state index contributed by atoms with van der Waals surface area (Å²) in [4.78, 5) is 11.1. The van der Waals surface area contributed by atoms with Crippen LogP contribution >= 0.6 is 0 Å². The number of carboxylic acids is 1. The summed E-state index contributed by atoms with van der Waals surface area (Å²) in [6.07, 6.45) is -0.488. The lowest BCUT2D eigenvalue weighted by atomic mass is 10.1. The van der Waals surface area contributed by atoms with E-state index < -0.39 is 27.5 Å². The molecule has 0 aromatic heterocycles. The van der Waals surface area contributed by atoms with Crippen molar-refractivity contribution in [1.29, 1.82) is 0 Å². The van der Waals surface area contributed by atoms with Gasteiger partial charge in [-0.3, -0.25) is 4.79 Å². The Kier molecular flexibility index (Phi) is 4.82. The standard InChI is InChI=1S/C16H16O5S/c1-21-13-7-9-14(10-8-13)22(19,20)15(11-16(17)18)12-5-3-2-4-6-12/h2-10,15H,11H2,1H3,(H,17,18). The van der Waals surface area contributed by atoms with Crippen molar-refractivity contribution in [2.45, 2.75) is 16.6 Å². The van der Waals surface area contributed by atoms with Crippen molar-refractivity contribution in [3.05, 3.63) is 60.2 Å². The van der Waals surface area contributed by atoms with Gasteiger partial charge in [0.1, 0.15) is 11.0 Å². The van der Waals surface area contributed by atoms with Crippen LogP contribution in [0.1, 0.15) is 17.2 Å². The maximum atomic E-state index is 12.8. The Hall–Kier alpha value is -2.34. The van der Waals surface area contributed by atoms with Gasteiger partial charge in [-0.1, -0.05) is 30.3 Å². The highest BCUT2D eigenvalue weighted by atomic mass is 32.2. The molecule has 1 unspecified atom stereocenters. The van der Waals surface area contributed by atoms with E-state index in [1.165, 1.54) is 31.4 Å². The Morgan fingerprint density at radius 3 is 2.18 bits per heavy atom. The van der Waals surface area contributed by atoms with Crippen molar-refractivity contribution < 1.29 is 23.1 Å². The molecule has 2 rings (SSSR count). The second-order valence-electron chi connectivity index (χ2n) is 4.72. The van der Waals surface area contributed by atoms with E-state index in [1.54, 1.807) is 30.3 Å². The van der Waals surface area contributed by atoms with E-state index in [2.05, 4.69) is 0 Å². The molecular formula is C16H16O5S. The van der Waals surface area contributed by atoms with E-state index in [-0.39, 0.29) is 4.90 Å². The quantitative estimate of drug-likeness (QED) is 0.885. The van der Waals surface area contributed by atoms with Crippen LogP contribution in [-0.2, 0) is 14.6 Å². The molecule has 0 saturated heterocycles. The van der Waals surface area contributed by atoms with Crippen molar-refractivity contribution in [1.82, 2.24) is 0 Å². The zero-order valence-electron chi connectivity index (χ0n) is 12.0. The van der Waals surface area contributed by atoms with Crippen LogP contribution in [0.4, 0.5) is 0 Å². The van der Waals surface area contributed by atoms with Crippen LogP contribution in [-0.4, -0.2) is 26.6 Å². The molecule has 0 radical (unpaired) electrons. The van der Waals surface area contributed by atoms with Gasteiger partial charge in [-0.15, -0.1) is 0 Å². The van der Waals surface area contributed by atoms with Crippen molar-refractivity contribution >= 4 is 15.8 Å². The van der Waals surface area contributed by atoms with Gasteiger partial charge < -0.3 is 9.84 Å². The van der Waals surface area contributed by atoms with E-state index in [4.69, 9.17) is 9.84 Å². The lowest BCUT2D eigenvalue weighted by Crippen LogP contribution is -2.17. The van der Waals surface area contributed by atoms with Gasteiger partial charge in [-0.2, -0.15) is 0 Å². The number of ether oxygens (including phenoxy) is 1.